The second kappa shape index (κ2) is 47.2. The molecule has 11 nitrogen and oxygen atoms in total. The SMILES string of the molecule is CCCCC/C=C/C/C=C/CCCCCCCCCC(=O)OC[C@@H](COP(=O)(O)OC[C@H](N)C(=O)O)OC(=O)CCC/C=C/CCCCCCCCCCCCCCCCCCCC. The second-order valence-corrected chi connectivity index (χ2v) is 19.1. The van der Waals surface area contributed by atoms with Crippen LogP contribution in [-0.4, -0.2) is 59.9 Å². The van der Waals surface area contributed by atoms with E-state index >= 15 is 0 Å². The van der Waals surface area contributed by atoms with Gasteiger partial charge in [0.15, 0.2) is 6.10 Å². The van der Waals surface area contributed by atoms with E-state index in [2.05, 4.69) is 54.8 Å². The average Bonchev–Trinajstić information content (AvgIpc) is 3.27. The van der Waals surface area contributed by atoms with Crippen molar-refractivity contribution >= 4 is 25.7 Å². The van der Waals surface area contributed by atoms with Crippen molar-refractivity contribution in [2.75, 3.05) is 19.8 Å². The van der Waals surface area contributed by atoms with Crippen molar-refractivity contribution < 1.29 is 47.5 Å². The highest BCUT2D eigenvalue weighted by atomic mass is 31.2. The first-order valence-corrected chi connectivity index (χ1v) is 27.5. The monoisotopic (exact) mass is 926 g/mol. The minimum absolute atomic E-state index is 0.113. The molecule has 374 valence electrons. The van der Waals surface area contributed by atoms with E-state index in [1.807, 2.05) is 0 Å². The normalized spacial score (nSPS) is 13.8. The molecule has 0 radical (unpaired) electrons. The van der Waals surface area contributed by atoms with Gasteiger partial charge >= 0.3 is 25.7 Å². The molecule has 0 aliphatic rings. The lowest BCUT2D eigenvalue weighted by atomic mass is 10.0. The molecule has 0 aliphatic heterocycles. The Morgan fingerprint density at radius 3 is 1.31 bits per heavy atom. The van der Waals surface area contributed by atoms with Crippen LogP contribution in [0.1, 0.15) is 245 Å². The molecule has 12 heteroatoms. The quantitative estimate of drug-likeness (QED) is 0.0229. The van der Waals surface area contributed by atoms with Crippen molar-refractivity contribution in [1.82, 2.24) is 0 Å². The van der Waals surface area contributed by atoms with Gasteiger partial charge in [0.2, 0.25) is 0 Å². The molecular formula is C52H96NO10P. The number of rotatable bonds is 49. The van der Waals surface area contributed by atoms with Crippen LogP contribution in [-0.2, 0) is 37.5 Å². The molecule has 0 amide bonds. The molecule has 0 rings (SSSR count). The average molecular weight is 926 g/mol. The molecule has 0 fully saturated rings. The first-order chi connectivity index (χ1) is 31.1. The van der Waals surface area contributed by atoms with E-state index in [0.29, 0.717) is 19.3 Å². The Hall–Kier alpha value is -2.30. The maximum absolute atomic E-state index is 12.7. The summed E-state index contributed by atoms with van der Waals surface area (Å²) in [4.78, 5) is 46.2. The number of carboxylic acids is 1. The molecule has 0 bridgehead atoms. The van der Waals surface area contributed by atoms with Crippen LogP contribution in [0.4, 0.5) is 0 Å². The van der Waals surface area contributed by atoms with Crippen LogP contribution in [0.3, 0.4) is 0 Å². The third-order valence-electron chi connectivity index (χ3n) is 11.4. The highest BCUT2D eigenvalue weighted by molar-refractivity contribution is 7.47. The zero-order valence-corrected chi connectivity index (χ0v) is 41.8. The lowest BCUT2D eigenvalue weighted by molar-refractivity contribution is -0.161. The number of hydrogen-bond donors (Lipinski definition) is 3. The zero-order valence-electron chi connectivity index (χ0n) is 40.9. The van der Waals surface area contributed by atoms with Crippen LogP contribution in [0.2, 0.25) is 0 Å². The van der Waals surface area contributed by atoms with Crippen molar-refractivity contribution in [3.63, 3.8) is 0 Å². The van der Waals surface area contributed by atoms with Gasteiger partial charge in [-0.1, -0.05) is 204 Å². The molecule has 0 aromatic rings. The van der Waals surface area contributed by atoms with Crippen LogP contribution < -0.4 is 5.73 Å². The number of unbranched alkanes of at least 4 members (excludes halogenated alkanes) is 29. The van der Waals surface area contributed by atoms with Gasteiger partial charge in [0, 0.05) is 12.8 Å². The van der Waals surface area contributed by atoms with Crippen molar-refractivity contribution in [1.29, 1.82) is 0 Å². The van der Waals surface area contributed by atoms with Gasteiger partial charge in [-0.25, -0.2) is 4.57 Å². The standard InChI is InChI=1S/C52H96NO10P/c1-3-5-7-9-11-13-15-17-19-21-22-23-24-25-26-28-30-32-34-36-38-40-42-44-51(55)63-48(46-61-64(58,59)62-47-49(53)52(56)57)45-60-50(54)43-41-39-37-35-33-31-29-27-20-18-16-14-12-10-8-6-4-2/h12,14,18,20,36,38,48-49H,3-11,13,15-17,19,21-35,37,39-47,53H2,1-2H3,(H,56,57)(H,58,59)/b14-12+,20-18+,38-36+/t48-,49-/m0/s1. The first kappa shape index (κ1) is 61.7. The summed E-state index contributed by atoms with van der Waals surface area (Å²) in [5.41, 5.74) is 5.35. The number of allylic oxidation sites excluding steroid dienone is 6. The van der Waals surface area contributed by atoms with E-state index < -0.39 is 51.1 Å². The number of carbonyl (C=O) groups is 3. The van der Waals surface area contributed by atoms with E-state index in [1.54, 1.807) is 0 Å². The molecule has 0 aliphatic carbocycles. The first-order valence-electron chi connectivity index (χ1n) is 26.0. The van der Waals surface area contributed by atoms with Gasteiger partial charge in [-0.3, -0.25) is 23.4 Å². The van der Waals surface area contributed by atoms with Crippen molar-refractivity contribution in [2.45, 2.75) is 257 Å². The number of nitrogens with two attached hydrogens (primary N) is 1. The van der Waals surface area contributed by atoms with E-state index in [-0.39, 0.29) is 19.4 Å². The zero-order chi connectivity index (χ0) is 47.0. The molecular weight excluding hydrogens is 830 g/mol. The summed E-state index contributed by atoms with van der Waals surface area (Å²) in [7, 11) is -4.73. The lowest BCUT2D eigenvalue weighted by Gasteiger charge is -2.20. The van der Waals surface area contributed by atoms with Crippen LogP contribution in [0.5, 0.6) is 0 Å². The molecule has 3 atom stereocenters. The molecule has 0 saturated carbocycles. The van der Waals surface area contributed by atoms with E-state index in [1.165, 1.54) is 154 Å². The van der Waals surface area contributed by atoms with Crippen LogP contribution in [0.25, 0.3) is 0 Å². The molecule has 1 unspecified atom stereocenters. The summed E-state index contributed by atoms with van der Waals surface area (Å²) in [6, 6.07) is -1.53. The van der Waals surface area contributed by atoms with Gasteiger partial charge in [0.1, 0.15) is 12.6 Å². The fourth-order valence-electron chi connectivity index (χ4n) is 7.28. The maximum Gasteiger partial charge on any atom is 0.472 e. The van der Waals surface area contributed by atoms with Gasteiger partial charge in [-0.15, -0.1) is 0 Å². The predicted octanol–water partition coefficient (Wildman–Crippen LogP) is 14.7. The van der Waals surface area contributed by atoms with Gasteiger partial charge < -0.3 is 25.2 Å². The number of hydrogen-bond acceptors (Lipinski definition) is 9. The fourth-order valence-corrected chi connectivity index (χ4v) is 8.06. The van der Waals surface area contributed by atoms with Crippen molar-refractivity contribution in [3.8, 4) is 0 Å². The Balaban J connectivity index is 4.25. The Morgan fingerprint density at radius 2 is 0.844 bits per heavy atom. The van der Waals surface area contributed by atoms with Crippen molar-refractivity contribution in [3.05, 3.63) is 36.5 Å². The summed E-state index contributed by atoms with van der Waals surface area (Å²) in [6.45, 7) is 2.78. The molecule has 0 aromatic heterocycles. The number of carboxylic acid groups (broad SMARTS) is 1. The van der Waals surface area contributed by atoms with Crippen LogP contribution in [0.15, 0.2) is 36.5 Å². The summed E-state index contributed by atoms with van der Waals surface area (Å²) in [6.07, 6.45) is 53.6. The number of phosphoric acid groups is 1. The van der Waals surface area contributed by atoms with Gasteiger partial charge in [0.25, 0.3) is 0 Å². The minimum Gasteiger partial charge on any atom is -0.480 e. The number of ether oxygens (including phenoxy) is 2. The molecule has 0 aromatic carbocycles. The second-order valence-electron chi connectivity index (χ2n) is 17.7. The highest BCUT2D eigenvalue weighted by Crippen LogP contribution is 2.43. The third-order valence-corrected chi connectivity index (χ3v) is 12.3. The summed E-state index contributed by atoms with van der Waals surface area (Å²) in [5.74, 6) is -2.42. The predicted molar refractivity (Wildman–Crippen MR) is 263 cm³/mol. The van der Waals surface area contributed by atoms with E-state index in [4.69, 9.17) is 24.8 Å². The summed E-state index contributed by atoms with van der Waals surface area (Å²) < 4.78 is 32.8. The summed E-state index contributed by atoms with van der Waals surface area (Å²) in [5, 5.41) is 8.92. The van der Waals surface area contributed by atoms with Gasteiger partial charge in [-0.05, 0) is 64.2 Å². The molecule has 0 saturated heterocycles. The lowest BCUT2D eigenvalue weighted by Crippen LogP contribution is -2.34. The molecule has 64 heavy (non-hydrogen) atoms. The molecule has 0 heterocycles. The smallest absolute Gasteiger partial charge is 0.472 e. The van der Waals surface area contributed by atoms with Gasteiger partial charge in [0.05, 0.1) is 13.2 Å². The maximum atomic E-state index is 12.7. The Bertz CT molecular complexity index is 1220. The fraction of sp³-hybridized carbons (Fsp3) is 0.827. The van der Waals surface area contributed by atoms with Crippen LogP contribution in [0, 0.1) is 0 Å². The topological polar surface area (TPSA) is 172 Å². The molecule has 4 N–H and O–H groups in total. The number of aliphatic carboxylic acids is 1. The van der Waals surface area contributed by atoms with E-state index in [9.17, 15) is 23.8 Å². The Labute approximate surface area is 391 Å². The number of carbonyl (C=O) groups excluding carboxylic acids is 2. The Kier molecular flexibility index (Phi) is 45.5. The number of esters is 2. The minimum atomic E-state index is -4.73. The van der Waals surface area contributed by atoms with Gasteiger partial charge in [-0.2, -0.15) is 0 Å². The highest BCUT2D eigenvalue weighted by Gasteiger charge is 2.28. The Morgan fingerprint density at radius 1 is 0.484 bits per heavy atom. The van der Waals surface area contributed by atoms with E-state index in [0.717, 1.165) is 44.9 Å². The summed E-state index contributed by atoms with van der Waals surface area (Å²) >= 11 is 0. The van der Waals surface area contributed by atoms with Crippen LogP contribution >= 0.6 is 7.82 Å². The molecule has 0 spiro atoms. The third kappa shape index (κ3) is 46.2. The largest absolute Gasteiger partial charge is 0.480 e. The number of phosphoric ester groups is 1. The van der Waals surface area contributed by atoms with Crippen molar-refractivity contribution in [2.24, 2.45) is 5.73 Å².